The minimum Gasteiger partial charge on any atom is -0.497 e. The van der Waals surface area contributed by atoms with Gasteiger partial charge >= 0.3 is 0 Å². The van der Waals surface area contributed by atoms with Gasteiger partial charge in [0.05, 0.1) is 7.11 Å². The van der Waals surface area contributed by atoms with Crippen LogP contribution in [-0.2, 0) is 0 Å². The molecular weight excluding hydrogens is 260 g/mol. The zero-order valence-corrected chi connectivity index (χ0v) is 13.5. The first-order chi connectivity index (χ1) is 10.2. The predicted octanol–water partition coefficient (Wildman–Crippen LogP) is 3.36. The maximum atomic E-state index is 5.24. The van der Waals surface area contributed by atoms with E-state index in [0.29, 0.717) is 12.1 Å². The zero-order valence-electron chi connectivity index (χ0n) is 13.5. The highest BCUT2D eigenvalue weighted by Gasteiger charge is 2.36. The molecular formula is C18H28N2O. The summed E-state index contributed by atoms with van der Waals surface area (Å²) >= 11 is 0. The van der Waals surface area contributed by atoms with Crippen LogP contribution in [0.3, 0.4) is 0 Å². The van der Waals surface area contributed by atoms with Gasteiger partial charge in [0.25, 0.3) is 0 Å². The summed E-state index contributed by atoms with van der Waals surface area (Å²) in [6.07, 6.45) is 6.77. The number of ether oxygens (including phenoxy) is 1. The largest absolute Gasteiger partial charge is 0.497 e. The minimum absolute atomic E-state index is 0.407. The fraction of sp³-hybridized carbons (Fsp3) is 0.667. The topological polar surface area (TPSA) is 24.5 Å². The first-order valence-electron chi connectivity index (χ1n) is 8.29. The summed E-state index contributed by atoms with van der Waals surface area (Å²) < 4.78 is 5.24. The molecule has 3 atom stereocenters. The predicted molar refractivity (Wildman–Crippen MR) is 86.8 cm³/mol. The number of hydrogen-bond acceptors (Lipinski definition) is 3. The molecule has 0 spiro atoms. The number of benzene rings is 1. The Kier molecular flexibility index (Phi) is 4.51. The van der Waals surface area contributed by atoms with Crippen molar-refractivity contribution in [3.05, 3.63) is 29.8 Å². The summed E-state index contributed by atoms with van der Waals surface area (Å²) in [7, 11) is 4.03. The molecule has 3 unspecified atom stereocenters. The average molecular weight is 288 g/mol. The van der Waals surface area contributed by atoms with Crippen LogP contribution in [0.15, 0.2) is 24.3 Å². The van der Waals surface area contributed by atoms with Crippen LogP contribution in [0.25, 0.3) is 0 Å². The van der Waals surface area contributed by atoms with Crippen molar-refractivity contribution >= 4 is 0 Å². The van der Waals surface area contributed by atoms with Crippen LogP contribution < -0.4 is 10.1 Å². The molecule has 2 aliphatic heterocycles. The molecule has 0 radical (unpaired) electrons. The fourth-order valence-electron chi connectivity index (χ4n) is 4.09. The number of methoxy groups -OCH3 is 1. The average Bonchev–Trinajstić information content (AvgIpc) is 2.48. The Labute approximate surface area is 128 Å². The lowest BCUT2D eigenvalue weighted by Crippen LogP contribution is -2.54. The van der Waals surface area contributed by atoms with Gasteiger partial charge in [0.15, 0.2) is 0 Å². The summed E-state index contributed by atoms with van der Waals surface area (Å²) in [5.74, 6) is 0.930. The summed E-state index contributed by atoms with van der Waals surface area (Å²) in [6.45, 7) is 2.27. The molecule has 116 valence electrons. The number of rotatable bonds is 4. The van der Waals surface area contributed by atoms with E-state index in [1.165, 1.54) is 37.7 Å². The molecule has 21 heavy (non-hydrogen) atoms. The maximum Gasteiger partial charge on any atom is 0.118 e. The summed E-state index contributed by atoms with van der Waals surface area (Å²) in [5.41, 5.74) is 1.35. The van der Waals surface area contributed by atoms with Crippen LogP contribution in [0.1, 0.15) is 50.6 Å². The molecule has 2 bridgehead atoms. The van der Waals surface area contributed by atoms with Gasteiger partial charge in [-0.1, -0.05) is 18.6 Å². The maximum absolute atomic E-state index is 5.24. The Morgan fingerprint density at radius 3 is 2.33 bits per heavy atom. The van der Waals surface area contributed by atoms with Gasteiger partial charge in [-0.05, 0) is 57.4 Å². The lowest BCUT2D eigenvalue weighted by molar-refractivity contribution is 0.0463. The van der Waals surface area contributed by atoms with Crippen molar-refractivity contribution in [3.63, 3.8) is 0 Å². The van der Waals surface area contributed by atoms with E-state index >= 15 is 0 Å². The molecule has 2 heterocycles. The van der Waals surface area contributed by atoms with Gasteiger partial charge in [-0.3, -0.25) is 0 Å². The Balaban J connectivity index is 1.60. The molecule has 2 fully saturated rings. The van der Waals surface area contributed by atoms with Crippen LogP contribution in [0, 0.1) is 0 Å². The van der Waals surface area contributed by atoms with Crippen molar-refractivity contribution in [3.8, 4) is 5.75 Å². The van der Waals surface area contributed by atoms with Crippen molar-refractivity contribution in [2.45, 2.75) is 63.2 Å². The van der Waals surface area contributed by atoms with Gasteiger partial charge < -0.3 is 15.0 Å². The lowest BCUT2D eigenvalue weighted by Gasteiger charge is -2.47. The standard InChI is InChI=1S/C18H28N2O/c1-13(14-7-9-18(21-3)10-8-14)19-15-11-16-5-4-6-17(12-15)20(16)2/h7-10,13,15-17,19H,4-6,11-12H2,1-3H3. The smallest absolute Gasteiger partial charge is 0.118 e. The third-order valence-corrected chi connectivity index (χ3v) is 5.44. The molecule has 3 nitrogen and oxygen atoms in total. The van der Waals surface area contributed by atoms with Crippen molar-refractivity contribution in [1.82, 2.24) is 10.2 Å². The number of hydrogen-bond donors (Lipinski definition) is 1. The molecule has 0 amide bonds. The van der Waals surface area contributed by atoms with Crippen LogP contribution in [0.5, 0.6) is 5.75 Å². The molecule has 1 aromatic carbocycles. The highest BCUT2D eigenvalue weighted by molar-refractivity contribution is 5.28. The van der Waals surface area contributed by atoms with E-state index in [0.717, 1.165) is 17.8 Å². The Morgan fingerprint density at radius 2 is 1.76 bits per heavy atom. The molecule has 3 rings (SSSR count). The number of nitrogens with one attached hydrogen (secondary N) is 1. The highest BCUT2D eigenvalue weighted by Crippen LogP contribution is 2.33. The van der Waals surface area contributed by atoms with Crippen molar-refractivity contribution in [2.24, 2.45) is 0 Å². The van der Waals surface area contributed by atoms with Gasteiger partial charge in [0.2, 0.25) is 0 Å². The molecule has 2 saturated heterocycles. The van der Waals surface area contributed by atoms with Gasteiger partial charge in [-0.15, -0.1) is 0 Å². The minimum atomic E-state index is 0.407. The first kappa shape index (κ1) is 14.9. The fourth-order valence-corrected chi connectivity index (χ4v) is 4.09. The van der Waals surface area contributed by atoms with Gasteiger partial charge in [-0.2, -0.15) is 0 Å². The first-order valence-corrected chi connectivity index (χ1v) is 8.29. The van der Waals surface area contributed by atoms with Crippen molar-refractivity contribution < 1.29 is 4.74 Å². The van der Waals surface area contributed by atoms with E-state index in [2.05, 4.69) is 48.5 Å². The Hall–Kier alpha value is -1.06. The number of fused-ring (bicyclic) bond motifs is 2. The lowest BCUT2D eigenvalue weighted by atomic mass is 9.82. The molecule has 3 heteroatoms. The van der Waals surface area contributed by atoms with Gasteiger partial charge in [-0.25, -0.2) is 0 Å². The molecule has 0 saturated carbocycles. The zero-order chi connectivity index (χ0) is 14.8. The molecule has 0 aliphatic carbocycles. The molecule has 1 aromatic rings. The number of piperidine rings is 2. The SMILES string of the molecule is COc1ccc(C(C)NC2CC3CCCC(C2)N3C)cc1. The van der Waals surface area contributed by atoms with Gasteiger partial charge in [0, 0.05) is 24.2 Å². The van der Waals surface area contributed by atoms with E-state index < -0.39 is 0 Å². The van der Waals surface area contributed by atoms with Crippen LogP contribution in [-0.4, -0.2) is 37.2 Å². The van der Waals surface area contributed by atoms with E-state index in [1.54, 1.807) is 7.11 Å². The Bertz CT molecular complexity index is 445. The van der Waals surface area contributed by atoms with E-state index in [9.17, 15) is 0 Å². The van der Waals surface area contributed by atoms with Crippen molar-refractivity contribution in [1.29, 1.82) is 0 Å². The quantitative estimate of drug-likeness (QED) is 0.919. The number of nitrogens with zero attached hydrogens (tertiary/aromatic N) is 1. The molecule has 0 aromatic heterocycles. The second-order valence-electron chi connectivity index (χ2n) is 6.73. The van der Waals surface area contributed by atoms with E-state index in [-0.39, 0.29) is 0 Å². The van der Waals surface area contributed by atoms with E-state index in [4.69, 9.17) is 4.74 Å². The van der Waals surface area contributed by atoms with Crippen molar-refractivity contribution in [2.75, 3.05) is 14.2 Å². The van der Waals surface area contributed by atoms with Crippen LogP contribution >= 0.6 is 0 Å². The summed E-state index contributed by atoms with van der Waals surface area (Å²) in [6, 6.07) is 11.1. The third-order valence-electron chi connectivity index (χ3n) is 5.44. The molecule has 2 aliphatic rings. The second-order valence-corrected chi connectivity index (χ2v) is 6.73. The second kappa shape index (κ2) is 6.37. The third kappa shape index (κ3) is 3.24. The normalized spacial score (nSPS) is 30.9. The van der Waals surface area contributed by atoms with Crippen LogP contribution in [0.4, 0.5) is 0 Å². The van der Waals surface area contributed by atoms with E-state index in [1.807, 2.05) is 0 Å². The monoisotopic (exact) mass is 288 g/mol. The Morgan fingerprint density at radius 1 is 1.14 bits per heavy atom. The highest BCUT2D eigenvalue weighted by atomic mass is 16.5. The summed E-state index contributed by atoms with van der Waals surface area (Å²) in [5, 5.41) is 3.85. The van der Waals surface area contributed by atoms with Gasteiger partial charge in [0.1, 0.15) is 5.75 Å². The molecule has 1 N–H and O–H groups in total. The van der Waals surface area contributed by atoms with Crippen LogP contribution in [0.2, 0.25) is 0 Å². The summed E-state index contributed by atoms with van der Waals surface area (Å²) in [4.78, 5) is 2.62.